The van der Waals surface area contributed by atoms with Crippen molar-refractivity contribution in [1.29, 1.82) is 0 Å². The van der Waals surface area contributed by atoms with Crippen molar-refractivity contribution in [3.05, 3.63) is 17.0 Å². The summed E-state index contributed by atoms with van der Waals surface area (Å²) in [6.07, 6.45) is 2.29. The Labute approximate surface area is 136 Å². The molecule has 1 saturated heterocycles. The fourth-order valence-electron chi connectivity index (χ4n) is 3.12. The predicted octanol–water partition coefficient (Wildman–Crippen LogP) is 1.06. The molecule has 7 heteroatoms. The Balaban J connectivity index is 2.03. The Morgan fingerprint density at radius 2 is 2.00 bits per heavy atom. The summed E-state index contributed by atoms with van der Waals surface area (Å²) in [5.41, 5.74) is 3.04. The first kappa shape index (κ1) is 17.5. The fourth-order valence-corrected chi connectivity index (χ4v) is 3.12. The number of aryl methyl sites for hydroxylation is 2. The minimum absolute atomic E-state index is 0.0385. The van der Waals surface area contributed by atoms with Crippen LogP contribution < -0.4 is 0 Å². The molecular formula is C16H25N3O4. The first-order valence-electron chi connectivity index (χ1n) is 7.98. The largest absolute Gasteiger partial charge is 0.480 e. The van der Waals surface area contributed by atoms with Gasteiger partial charge >= 0.3 is 5.97 Å². The zero-order valence-corrected chi connectivity index (χ0v) is 14.0. The molecule has 2 heterocycles. The second-order valence-corrected chi connectivity index (χ2v) is 6.03. The second-order valence-electron chi connectivity index (χ2n) is 6.03. The molecule has 2 rings (SSSR count). The van der Waals surface area contributed by atoms with Crippen LogP contribution >= 0.6 is 0 Å². The average Bonchev–Trinajstić information content (AvgIpc) is 2.76. The molecule has 23 heavy (non-hydrogen) atoms. The van der Waals surface area contributed by atoms with Gasteiger partial charge < -0.3 is 14.7 Å². The fraction of sp³-hybridized carbons (Fsp3) is 0.688. The standard InChI is InChI=1S/C16H25N3O4/c1-11-14(12(2)18(3)17-11)4-5-15(20)19(10-16(21)22)13-6-8-23-9-7-13/h13H,4-10H2,1-3H3,(H,21,22). The molecule has 1 aromatic rings. The molecular weight excluding hydrogens is 298 g/mol. The lowest BCUT2D eigenvalue weighted by molar-refractivity contribution is -0.147. The number of aromatic nitrogens is 2. The van der Waals surface area contributed by atoms with Crippen LogP contribution in [0.15, 0.2) is 0 Å². The summed E-state index contributed by atoms with van der Waals surface area (Å²) in [6, 6.07) is -0.0385. The van der Waals surface area contributed by atoms with E-state index < -0.39 is 5.97 Å². The Morgan fingerprint density at radius 3 is 2.52 bits per heavy atom. The number of carbonyl (C=O) groups is 2. The van der Waals surface area contributed by atoms with Crippen molar-refractivity contribution in [2.75, 3.05) is 19.8 Å². The van der Waals surface area contributed by atoms with E-state index in [4.69, 9.17) is 9.84 Å². The summed E-state index contributed by atoms with van der Waals surface area (Å²) in [6.45, 7) is 4.83. The number of ether oxygens (including phenoxy) is 1. The quantitative estimate of drug-likeness (QED) is 0.846. The van der Waals surface area contributed by atoms with Gasteiger partial charge in [0.15, 0.2) is 0 Å². The van der Waals surface area contributed by atoms with Gasteiger partial charge in [-0.25, -0.2) is 0 Å². The minimum atomic E-state index is -0.974. The molecule has 1 aromatic heterocycles. The van der Waals surface area contributed by atoms with Crippen LogP contribution in [-0.4, -0.2) is 57.5 Å². The Kier molecular flexibility index (Phi) is 5.76. The summed E-state index contributed by atoms with van der Waals surface area (Å²) in [4.78, 5) is 25.2. The van der Waals surface area contributed by atoms with Crippen molar-refractivity contribution >= 4 is 11.9 Å². The van der Waals surface area contributed by atoms with Crippen molar-refractivity contribution in [3.63, 3.8) is 0 Å². The number of carbonyl (C=O) groups excluding carboxylic acids is 1. The molecule has 1 fully saturated rings. The highest BCUT2D eigenvalue weighted by atomic mass is 16.5. The third-order valence-electron chi connectivity index (χ3n) is 4.51. The minimum Gasteiger partial charge on any atom is -0.480 e. The van der Waals surface area contributed by atoms with Gasteiger partial charge in [0.05, 0.1) is 5.69 Å². The van der Waals surface area contributed by atoms with E-state index in [1.165, 1.54) is 4.90 Å². The van der Waals surface area contributed by atoms with Crippen LogP contribution in [0.4, 0.5) is 0 Å². The van der Waals surface area contributed by atoms with Crippen LogP contribution in [0.5, 0.6) is 0 Å². The van der Waals surface area contributed by atoms with E-state index in [1.54, 1.807) is 0 Å². The van der Waals surface area contributed by atoms with Gasteiger partial charge in [-0.2, -0.15) is 5.10 Å². The summed E-state index contributed by atoms with van der Waals surface area (Å²) < 4.78 is 7.11. The van der Waals surface area contributed by atoms with Crippen LogP contribution in [0.1, 0.15) is 36.2 Å². The van der Waals surface area contributed by atoms with Crippen molar-refractivity contribution in [3.8, 4) is 0 Å². The van der Waals surface area contributed by atoms with Crippen LogP contribution in [0, 0.1) is 13.8 Å². The number of nitrogens with zero attached hydrogens (tertiary/aromatic N) is 3. The first-order valence-corrected chi connectivity index (χ1v) is 7.98. The molecule has 1 aliphatic heterocycles. The highest BCUT2D eigenvalue weighted by molar-refractivity contribution is 5.81. The molecule has 1 aliphatic rings. The molecule has 0 radical (unpaired) electrons. The van der Waals surface area contributed by atoms with Crippen LogP contribution in [-0.2, 0) is 27.8 Å². The van der Waals surface area contributed by atoms with Crippen molar-refractivity contribution < 1.29 is 19.4 Å². The third-order valence-corrected chi connectivity index (χ3v) is 4.51. The smallest absolute Gasteiger partial charge is 0.323 e. The molecule has 0 bridgehead atoms. The highest BCUT2D eigenvalue weighted by Gasteiger charge is 2.27. The van der Waals surface area contributed by atoms with E-state index in [1.807, 2.05) is 25.6 Å². The summed E-state index contributed by atoms with van der Waals surface area (Å²) in [5, 5.41) is 13.5. The number of hydrogen-bond donors (Lipinski definition) is 1. The molecule has 0 unspecified atom stereocenters. The van der Waals surface area contributed by atoms with E-state index >= 15 is 0 Å². The number of rotatable bonds is 6. The summed E-state index contributed by atoms with van der Waals surface area (Å²) in [7, 11) is 1.88. The summed E-state index contributed by atoms with van der Waals surface area (Å²) in [5.74, 6) is -1.08. The molecule has 7 nitrogen and oxygen atoms in total. The van der Waals surface area contributed by atoms with Crippen molar-refractivity contribution in [2.24, 2.45) is 7.05 Å². The lowest BCUT2D eigenvalue weighted by atomic mass is 10.0. The van der Waals surface area contributed by atoms with Crippen LogP contribution in [0.3, 0.4) is 0 Å². The van der Waals surface area contributed by atoms with Gasteiger partial charge in [0.2, 0.25) is 5.91 Å². The normalized spacial score (nSPS) is 15.6. The van der Waals surface area contributed by atoms with Crippen LogP contribution in [0.25, 0.3) is 0 Å². The Hall–Kier alpha value is -1.89. The molecule has 0 aromatic carbocycles. The van der Waals surface area contributed by atoms with E-state index in [-0.39, 0.29) is 18.5 Å². The maximum atomic E-state index is 12.6. The van der Waals surface area contributed by atoms with Gasteiger partial charge in [-0.3, -0.25) is 14.3 Å². The number of carboxylic acid groups (broad SMARTS) is 1. The van der Waals surface area contributed by atoms with E-state index in [2.05, 4.69) is 5.10 Å². The third kappa shape index (κ3) is 4.31. The van der Waals surface area contributed by atoms with Gasteiger partial charge in [-0.1, -0.05) is 0 Å². The molecule has 1 N–H and O–H groups in total. The van der Waals surface area contributed by atoms with Gasteiger partial charge in [-0.15, -0.1) is 0 Å². The van der Waals surface area contributed by atoms with Crippen molar-refractivity contribution in [1.82, 2.24) is 14.7 Å². The molecule has 1 amide bonds. The Morgan fingerprint density at radius 1 is 1.35 bits per heavy atom. The lowest BCUT2D eigenvalue weighted by Gasteiger charge is -2.33. The Bertz CT molecular complexity index is 576. The summed E-state index contributed by atoms with van der Waals surface area (Å²) >= 11 is 0. The maximum absolute atomic E-state index is 12.6. The van der Waals surface area contributed by atoms with Crippen LogP contribution in [0.2, 0.25) is 0 Å². The molecule has 0 aliphatic carbocycles. The van der Waals surface area contributed by atoms with Gasteiger partial charge in [-0.05, 0) is 38.7 Å². The number of amides is 1. The van der Waals surface area contributed by atoms with Crippen molar-refractivity contribution in [2.45, 2.75) is 45.6 Å². The van der Waals surface area contributed by atoms with E-state index in [0.29, 0.717) is 38.9 Å². The SMILES string of the molecule is Cc1nn(C)c(C)c1CCC(=O)N(CC(=O)O)C1CCOCC1. The zero-order chi connectivity index (χ0) is 17.0. The topological polar surface area (TPSA) is 84.7 Å². The number of carboxylic acids is 1. The lowest BCUT2D eigenvalue weighted by Crippen LogP contribution is -2.46. The average molecular weight is 323 g/mol. The second kappa shape index (κ2) is 7.59. The van der Waals surface area contributed by atoms with Gasteiger partial charge in [0.1, 0.15) is 6.54 Å². The molecule has 128 valence electrons. The van der Waals surface area contributed by atoms with E-state index in [0.717, 1.165) is 17.0 Å². The molecule has 0 spiro atoms. The first-order chi connectivity index (χ1) is 10.9. The monoisotopic (exact) mass is 323 g/mol. The molecule has 0 saturated carbocycles. The predicted molar refractivity (Wildman–Crippen MR) is 84.2 cm³/mol. The van der Waals surface area contributed by atoms with E-state index in [9.17, 15) is 9.59 Å². The van der Waals surface area contributed by atoms with Gasteiger partial charge in [0.25, 0.3) is 0 Å². The number of aliphatic carboxylic acids is 1. The maximum Gasteiger partial charge on any atom is 0.323 e. The van der Waals surface area contributed by atoms with Gasteiger partial charge in [0, 0.05) is 38.4 Å². The highest BCUT2D eigenvalue weighted by Crippen LogP contribution is 2.18. The zero-order valence-electron chi connectivity index (χ0n) is 14.0. The molecule has 0 atom stereocenters. The number of hydrogen-bond acceptors (Lipinski definition) is 4.